The first-order valence-electron chi connectivity index (χ1n) is 11.2. The number of aliphatic hydroxyl groups excluding tert-OH is 1. The average molecular weight is 541 g/mol. The highest BCUT2D eigenvalue weighted by atomic mass is 35.5. The van der Waals surface area contributed by atoms with Crippen molar-refractivity contribution in [1.82, 2.24) is 28.2 Å². The summed E-state index contributed by atoms with van der Waals surface area (Å²) in [5.74, 6) is 0.247. The molecule has 0 aromatic carbocycles. The van der Waals surface area contributed by atoms with Gasteiger partial charge in [-0.2, -0.15) is 0 Å². The lowest BCUT2D eigenvalue weighted by Gasteiger charge is -2.01. The summed E-state index contributed by atoms with van der Waals surface area (Å²) in [6.07, 6.45) is 16.0. The van der Waals surface area contributed by atoms with Crippen LogP contribution in [-0.4, -0.2) is 45.8 Å². The van der Waals surface area contributed by atoms with Gasteiger partial charge in [0, 0.05) is 24.5 Å². The van der Waals surface area contributed by atoms with Gasteiger partial charge in [0.1, 0.15) is 0 Å². The van der Waals surface area contributed by atoms with Crippen LogP contribution in [0.3, 0.4) is 0 Å². The van der Waals surface area contributed by atoms with E-state index in [0.29, 0.717) is 18.1 Å². The predicted octanol–water partition coefficient (Wildman–Crippen LogP) is 4.83. The number of hydrogen-bond donors (Lipinski definition) is 1. The van der Waals surface area contributed by atoms with Gasteiger partial charge < -0.3 is 23.0 Å². The van der Waals surface area contributed by atoms with Gasteiger partial charge in [-0.25, -0.2) is 19.7 Å². The first kappa shape index (κ1) is 27.7. The van der Waals surface area contributed by atoms with Gasteiger partial charge in [0.15, 0.2) is 0 Å². The number of ether oxygens (including phenoxy) is 1. The highest BCUT2D eigenvalue weighted by Gasteiger charge is 2.06. The van der Waals surface area contributed by atoms with E-state index in [2.05, 4.69) is 15.0 Å². The third kappa shape index (κ3) is 7.07. The van der Waals surface area contributed by atoms with Crippen molar-refractivity contribution >= 4 is 46.5 Å². The standard InChI is InChI=1S/C10H10N2O2.C8H7ClN2.C8H8N2O.ClH/c1-2-14-10(13)8-3-4-9-5-11-7-12(9)6-8;9-3-7-1-2-8-4-10-6-11(8)5-7;11-5-7-1-2-8-3-9-6-10(8)4-7;/h3-7H,2H2,1H3;1-2,4-6H,3H2;1-4,6,11H,5H2;1H. The Hall–Kier alpha value is -3.92. The molecular weight excluding hydrogens is 515 g/mol. The topological polar surface area (TPSA) is 98.4 Å². The third-order valence-electron chi connectivity index (χ3n) is 5.19. The molecule has 1 N–H and O–H groups in total. The number of aromatic nitrogens is 6. The molecule has 0 spiro atoms. The maximum Gasteiger partial charge on any atom is 0.339 e. The molecule has 192 valence electrons. The van der Waals surface area contributed by atoms with E-state index in [-0.39, 0.29) is 25.0 Å². The summed E-state index contributed by atoms with van der Waals surface area (Å²) in [7, 11) is 0. The summed E-state index contributed by atoms with van der Waals surface area (Å²) in [6.45, 7) is 2.25. The van der Waals surface area contributed by atoms with Crippen LogP contribution in [0.2, 0.25) is 0 Å². The minimum Gasteiger partial charge on any atom is -0.462 e. The fourth-order valence-corrected chi connectivity index (χ4v) is 3.52. The van der Waals surface area contributed by atoms with Gasteiger partial charge in [0.05, 0.1) is 72.9 Å². The Kier molecular flexibility index (Phi) is 10.0. The molecule has 6 heterocycles. The first-order valence-corrected chi connectivity index (χ1v) is 11.7. The second kappa shape index (κ2) is 13.4. The Morgan fingerprint density at radius 2 is 1.30 bits per heavy atom. The number of rotatable bonds is 4. The number of hydrogen-bond acceptors (Lipinski definition) is 6. The number of halogens is 2. The zero-order valence-electron chi connectivity index (χ0n) is 20.0. The number of imidazole rings is 3. The fourth-order valence-electron chi connectivity index (χ4n) is 3.36. The van der Waals surface area contributed by atoms with Gasteiger partial charge in [-0.1, -0.05) is 12.1 Å². The number of esters is 1. The van der Waals surface area contributed by atoms with E-state index in [4.69, 9.17) is 21.4 Å². The fraction of sp³-hybridized carbons (Fsp3) is 0.154. The molecular formula is C26H26Cl2N6O3. The maximum atomic E-state index is 11.4. The highest BCUT2D eigenvalue weighted by molar-refractivity contribution is 6.17. The molecule has 0 aliphatic heterocycles. The van der Waals surface area contributed by atoms with E-state index in [1.165, 1.54) is 0 Å². The molecule has 0 radical (unpaired) electrons. The number of carbonyl (C=O) groups is 1. The summed E-state index contributed by atoms with van der Waals surface area (Å²) in [6, 6.07) is 11.4. The van der Waals surface area contributed by atoms with Crippen LogP contribution in [-0.2, 0) is 17.2 Å². The number of fused-ring (bicyclic) bond motifs is 3. The quantitative estimate of drug-likeness (QED) is 0.254. The molecule has 0 saturated heterocycles. The number of carbonyl (C=O) groups excluding carboxylic acids is 1. The molecule has 0 bridgehead atoms. The van der Waals surface area contributed by atoms with Gasteiger partial charge in [-0.15, -0.1) is 24.0 Å². The van der Waals surface area contributed by atoms with Crippen molar-refractivity contribution in [2.75, 3.05) is 6.61 Å². The zero-order valence-corrected chi connectivity index (χ0v) is 21.6. The third-order valence-corrected chi connectivity index (χ3v) is 5.50. The number of aliphatic hydroxyl groups is 1. The molecule has 6 rings (SSSR count). The summed E-state index contributed by atoms with van der Waals surface area (Å²) in [5.41, 5.74) is 5.64. The summed E-state index contributed by atoms with van der Waals surface area (Å²) in [5, 5.41) is 8.80. The van der Waals surface area contributed by atoms with E-state index in [1.807, 2.05) is 57.7 Å². The first-order chi connectivity index (χ1) is 17.6. The van der Waals surface area contributed by atoms with Crippen LogP contribution in [0, 0.1) is 0 Å². The average Bonchev–Trinajstić information content (AvgIpc) is 3.68. The maximum absolute atomic E-state index is 11.4. The van der Waals surface area contributed by atoms with Crippen molar-refractivity contribution in [3.05, 3.63) is 109 Å². The Morgan fingerprint density at radius 3 is 1.81 bits per heavy atom. The van der Waals surface area contributed by atoms with E-state index in [9.17, 15) is 4.79 Å². The van der Waals surface area contributed by atoms with Crippen molar-refractivity contribution in [3.63, 3.8) is 0 Å². The van der Waals surface area contributed by atoms with E-state index in [0.717, 1.165) is 27.7 Å². The Labute approximate surface area is 224 Å². The van der Waals surface area contributed by atoms with Crippen LogP contribution in [0.4, 0.5) is 0 Å². The molecule has 6 aromatic heterocycles. The van der Waals surface area contributed by atoms with E-state index >= 15 is 0 Å². The van der Waals surface area contributed by atoms with Crippen LogP contribution >= 0.6 is 24.0 Å². The lowest BCUT2D eigenvalue weighted by molar-refractivity contribution is 0.0525. The van der Waals surface area contributed by atoms with Gasteiger partial charge in [-0.3, -0.25) is 0 Å². The van der Waals surface area contributed by atoms with Gasteiger partial charge >= 0.3 is 5.97 Å². The SMILES string of the molecule is CCOC(=O)c1ccc2cncn2c1.Cl.ClCc1ccc2cncn2c1.OCc1ccc2cncn2c1. The second-order valence-electron chi connectivity index (χ2n) is 7.68. The molecule has 0 atom stereocenters. The van der Waals surface area contributed by atoms with Crippen LogP contribution in [0.25, 0.3) is 16.6 Å². The monoisotopic (exact) mass is 540 g/mol. The molecule has 37 heavy (non-hydrogen) atoms. The molecule has 0 fully saturated rings. The van der Waals surface area contributed by atoms with E-state index in [1.54, 1.807) is 55.0 Å². The van der Waals surface area contributed by atoms with Crippen molar-refractivity contribution < 1.29 is 14.6 Å². The molecule has 0 saturated carbocycles. The zero-order chi connectivity index (χ0) is 25.3. The molecule has 9 nitrogen and oxygen atoms in total. The van der Waals surface area contributed by atoms with E-state index < -0.39 is 0 Å². The summed E-state index contributed by atoms with van der Waals surface area (Å²) in [4.78, 5) is 23.3. The largest absolute Gasteiger partial charge is 0.462 e. The lowest BCUT2D eigenvalue weighted by atomic mass is 10.3. The molecule has 11 heteroatoms. The minimum atomic E-state index is -0.303. The van der Waals surface area contributed by atoms with Crippen LogP contribution in [0.15, 0.2) is 92.6 Å². The Morgan fingerprint density at radius 1 is 0.811 bits per heavy atom. The molecule has 6 aromatic rings. The van der Waals surface area contributed by atoms with Crippen LogP contribution < -0.4 is 0 Å². The van der Waals surface area contributed by atoms with Crippen molar-refractivity contribution in [3.8, 4) is 0 Å². The van der Waals surface area contributed by atoms with Crippen molar-refractivity contribution in [2.24, 2.45) is 0 Å². The van der Waals surface area contributed by atoms with Gasteiger partial charge in [0.25, 0.3) is 0 Å². The molecule has 0 aliphatic carbocycles. The number of nitrogens with zero attached hydrogens (tertiary/aromatic N) is 6. The number of alkyl halides is 1. The van der Waals surface area contributed by atoms with Gasteiger partial charge in [0.2, 0.25) is 0 Å². The smallest absolute Gasteiger partial charge is 0.339 e. The van der Waals surface area contributed by atoms with Gasteiger partial charge in [-0.05, 0) is 42.3 Å². The summed E-state index contributed by atoms with van der Waals surface area (Å²) >= 11 is 5.66. The normalized spacial score (nSPS) is 10.2. The highest BCUT2D eigenvalue weighted by Crippen LogP contribution is 2.08. The Balaban J connectivity index is 0.000000154. The predicted molar refractivity (Wildman–Crippen MR) is 144 cm³/mol. The Bertz CT molecular complexity index is 1500. The van der Waals surface area contributed by atoms with Crippen LogP contribution in [0.1, 0.15) is 28.4 Å². The van der Waals surface area contributed by atoms with Crippen LogP contribution in [0.5, 0.6) is 0 Å². The molecule has 0 aliphatic rings. The summed E-state index contributed by atoms with van der Waals surface area (Å²) < 4.78 is 10.5. The molecule has 0 amide bonds. The second-order valence-corrected chi connectivity index (χ2v) is 7.95. The number of pyridine rings is 3. The lowest BCUT2D eigenvalue weighted by Crippen LogP contribution is -2.05. The minimum absolute atomic E-state index is 0. The van der Waals surface area contributed by atoms with Crippen molar-refractivity contribution in [1.29, 1.82) is 0 Å². The van der Waals surface area contributed by atoms with Crippen molar-refractivity contribution in [2.45, 2.75) is 19.4 Å². The molecule has 0 unspecified atom stereocenters.